The van der Waals surface area contributed by atoms with Crippen LogP contribution in [0.5, 0.6) is 5.75 Å². The SMILES string of the molecule is O=C(CCCc1nc(-c2ccco2)no1)NCCCOc1cccnc1. The minimum atomic E-state index is -0.00264. The number of hydrogen-bond donors (Lipinski definition) is 1. The number of carbonyl (C=O) groups is 1. The number of hydrogen-bond acceptors (Lipinski definition) is 7. The first-order valence-electron chi connectivity index (χ1n) is 8.47. The fourth-order valence-electron chi connectivity index (χ4n) is 2.27. The van der Waals surface area contributed by atoms with Crippen molar-refractivity contribution in [2.45, 2.75) is 25.7 Å². The molecule has 8 nitrogen and oxygen atoms in total. The van der Waals surface area contributed by atoms with Gasteiger partial charge in [0.05, 0.1) is 19.1 Å². The molecule has 3 aromatic heterocycles. The Labute approximate surface area is 150 Å². The van der Waals surface area contributed by atoms with Crippen LogP contribution in [0.15, 0.2) is 51.9 Å². The number of nitrogens with one attached hydrogen (secondary N) is 1. The highest BCUT2D eigenvalue weighted by atomic mass is 16.5. The van der Waals surface area contributed by atoms with E-state index >= 15 is 0 Å². The maximum Gasteiger partial charge on any atom is 0.238 e. The van der Waals surface area contributed by atoms with E-state index in [2.05, 4.69) is 20.4 Å². The van der Waals surface area contributed by atoms with Crippen LogP contribution >= 0.6 is 0 Å². The van der Waals surface area contributed by atoms with Gasteiger partial charge in [0, 0.05) is 25.6 Å². The van der Waals surface area contributed by atoms with E-state index < -0.39 is 0 Å². The molecule has 0 saturated carbocycles. The molecule has 26 heavy (non-hydrogen) atoms. The Morgan fingerprint density at radius 2 is 2.19 bits per heavy atom. The Morgan fingerprint density at radius 1 is 1.23 bits per heavy atom. The first-order valence-corrected chi connectivity index (χ1v) is 8.47. The highest BCUT2D eigenvalue weighted by molar-refractivity contribution is 5.75. The van der Waals surface area contributed by atoms with Gasteiger partial charge >= 0.3 is 0 Å². The van der Waals surface area contributed by atoms with Gasteiger partial charge in [0.1, 0.15) is 5.75 Å². The molecule has 0 spiro atoms. The second kappa shape index (κ2) is 9.36. The number of amides is 1. The summed E-state index contributed by atoms with van der Waals surface area (Å²) in [5.41, 5.74) is 0. The number of rotatable bonds is 10. The molecule has 0 aromatic carbocycles. The summed E-state index contributed by atoms with van der Waals surface area (Å²) < 4.78 is 15.9. The first kappa shape index (κ1) is 17.7. The van der Waals surface area contributed by atoms with Crippen LogP contribution in [0.2, 0.25) is 0 Å². The standard InChI is InChI=1S/C18H20N4O4/c23-16(20-10-4-12-24-14-5-2-9-19-13-14)7-1-8-17-21-18(22-26-17)15-6-3-11-25-15/h2-3,5-6,9,11,13H,1,4,7-8,10,12H2,(H,20,23). The lowest BCUT2D eigenvalue weighted by Crippen LogP contribution is -2.25. The smallest absolute Gasteiger partial charge is 0.238 e. The second-order valence-electron chi connectivity index (χ2n) is 5.58. The van der Waals surface area contributed by atoms with Crippen molar-refractivity contribution >= 4 is 5.91 Å². The topological polar surface area (TPSA) is 103 Å². The summed E-state index contributed by atoms with van der Waals surface area (Å²) in [6.45, 7) is 1.10. The summed E-state index contributed by atoms with van der Waals surface area (Å²) in [6.07, 6.45) is 7.23. The van der Waals surface area contributed by atoms with Crippen molar-refractivity contribution in [2.24, 2.45) is 0 Å². The summed E-state index contributed by atoms with van der Waals surface area (Å²) in [5, 5.41) is 6.72. The van der Waals surface area contributed by atoms with Crippen LogP contribution in [0, 0.1) is 0 Å². The first-order chi connectivity index (χ1) is 12.8. The quantitative estimate of drug-likeness (QED) is 0.557. The summed E-state index contributed by atoms with van der Waals surface area (Å²) >= 11 is 0. The Kier molecular flexibility index (Phi) is 6.35. The van der Waals surface area contributed by atoms with E-state index in [0.29, 0.717) is 49.9 Å². The van der Waals surface area contributed by atoms with Gasteiger partial charge in [-0.1, -0.05) is 5.16 Å². The molecule has 0 aliphatic rings. The molecule has 0 bridgehead atoms. The van der Waals surface area contributed by atoms with Gasteiger partial charge < -0.3 is 19.0 Å². The highest BCUT2D eigenvalue weighted by Gasteiger charge is 2.11. The molecule has 0 aliphatic heterocycles. The summed E-state index contributed by atoms with van der Waals surface area (Å²) in [6, 6.07) is 7.19. The van der Waals surface area contributed by atoms with Crippen molar-refractivity contribution < 1.29 is 18.5 Å². The van der Waals surface area contributed by atoms with E-state index in [9.17, 15) is 4.79 Å². The predicted octanol–water partition coefficient (Wildman–Crippen LogP) is 2.63. The van der Waals surface area contributed by atoms with E-state index in [1.165, 1.54) is 0 Å². The van der Waals surface area contributed by atoms with Crippen LogP contribution in [0.1, 0.15) is 25.2 Å². The number of aromatic nitrogens is 3. The molecule has 0 fully saturated rings. The van der Waals surface area contributed by atoms with Crippen LogP contribution < -0.4 is 10.1 Å². The lowest BCUT2D eigenvalue weighted by atomic mass is 10.2. The molecule has 1 N–H and O–H groups in total. The monoisotopic (exact) mass is 356 g/mol. The third-order valence-electron chi connectivity index (χ3n) is 3.55. The minimum Gasteiger partial charge on any atom is -0.492 e. The Balaban J connectivity index is 1.26. The lowest BCUT2D eigenvalue weighted by Gasteiger charge is -2.06. The average Bonchev–Trinajstić information content (AvgIpc) is 3.34. The molecule has 0 radical (unpaired) electrons. The van der Waals surface area contributed by atoms with E-state index in [-0.39, 0.29) is 5.91 Å². The van der Waals surface area contributed by atoms with E-state index in [0.717, 1.165) is 12.2 Å². The number of aryl methyl sites for hydroxylation is 1. The fraction of sp³-hybridized carbons (Fsp3) is 0.333. The molecule has 1 amide bonds. The zero-order chi connectivity index (χ0) is 18.0. The van der Waals surface area contributed by atoms with Crippen LogP contribution in [-0.4, -0.2) is 34.2 Å². The van der Waals surface area contributed by atoms with Crippen LogP contribution in [0.4, 0.5) is 0 Å². The molecule has 3 aromatic rings. The Bertz CT molecular complexity index is 787. The maximum atomic E-state index is 11.8. The van der Waals surface area contributed by atoms with Gasteiger partial charge in [-0.3, -0.25) is 9.78 Å². The van der Waals surface area contributed by atoms with Crippen LogP contribution in [0.3, 0.4) is 0 Å². The van der Waals surface area contributed by atoms with E-state index in [1.54, 1.807) is 30.8 Å². The minimum absolute atomic E-state index is 0.00264. The summed E-state index contributed by atoms with van der Waals surface area (Å²) in [7, 11) is 0. The molecule has 8 heteroatoms. The molecule has 0 atom stereocenters. The van der Waals surface area contributed by atoms with Crippen molar-refractivity contribution in [1.29, 1.82) is 0 Å². The van der Waals surface area contributed by atoms with Crippen LogP contribution in [-0.2, 0) is 11.2 Å². The molecular weight excluding hydrogens is 336 g/mol. The van der Waals surface area contributed by atoms with Gasteiger partial charge in [0.2, 0.25) is 17.6 Å². The molecule has 0 aliphatic carbocycles. The van der Waals surface area contributed by atoms with Crippen molar-refractivity contribution in [3.8, 4) is 17.3 Å². The van der Waals surface area contributed by atoms with E-state index in [4.69, 9.17) is 13.7 Å². The molecule has 136 valence electrons. The third kappa shape index (κ3) is 5.44. The Morgan fingerprint density at radius 3 is 3.00 bits per heavy atom. The third-order valence-corrected chi connectivity index (χ3v) is 3.55. The van der Waals surface area contributed by atoms with Crippen molar-refractivity contribution in [1.82, 2.24) is 20.4 Å². The Hall–Kier alpha value is -3.16. The molecular formula is C18H20N4O4. The van der Waals surface area contributed by atoms with Gasteiger partial charge in [0.25, 0.3) is 0 Å². The number of pyridine rings is 1. The molecule has 3 rings (SSSR count). The van der Waals surface area contributed by atoms with Crippen molar-refractivity contribution in [2.75, 3.05) is 13.2 Å². The molecule has 0 saturated heterocycles. The summed E-state index contributed by atoms with van der Waals surface area (Å²) in [4.78, 5) is 20.0. The molecule has 0 unspecified atom stereocenters. The predicted molar refractivity (Wildman–Crippen MR) is 92.3 cm³/mol. The van der Waals surface area contributed by atoms with Gasteiger partial charge in [-0.15, -0.1) is 0 Å². The normalized spacial score (nSPS) is 10.6. The average molecular weight is 356 g/mol. The second-order valence-corrected chi connectivity index (χ2v) is 5.58. The zero-order valence-electron chi connectivity index (χ0n) is 14.3. The van der Waals surface area contributed by atoms with Crippen LogP contribution in [0.25, 0.3) is 11.6 Å². The number of ether oxygens (including phenoxy) is 1. The zero-order valence-corrected chi connectivity index (χ0v) is 14.3. The maximum absolute atomic E-state index is 11.8. The van der Waals surface area contributed by atoms with Gasteiger partial charge in [-0.25, -0.2) is 0 Å². The number of furan rings is 1. The van der Waals surface area contributed by atoms with Crippen molar-refractivity contribution in [3.05, 3.63) is 48.8 Å². The van der Waals surface area contributed by atoms with Gasteiger partial charge in [-0.2, -0.15) is 4.98 Å². The van der Waals surface area contributed by atoms with E-state index in [1.807, 2.05) is 12.1 Å². The molecule has 3 heterocycles. The number of nitrogens with zero attached hydrogens (tertiary/aromatic N) is 3. The largest absolute Gasteiger partial charge is 0.492 e. The highest BCUT2D eigenvalue weighted by Crippen LogP contribution is 2.16. The van der Waals surface area contributed by atoms with Gasteiger partial charge in [-0.05, 0) is 37.1 Å². The number of carbonyl (C=O) groups excluding carboxylic acids is 1. The fourth-order valence-corrected chi connectivity index (χ4v) is 2.27. The van der Waals surface area contributed by atoms with Gasteiger partial charge in [0.15, 0.2) is 5.76 Å². The summed E-state index contributed by atoms with van der Waals surface area (Å²) in [5.74, 6) is 2.20. The lowest BCUT2D eigenvalue weighted by molar-refractivity contribution is -0.121. The van der Waals surface area contributed by atoms with Crippen molar-refractivity contribution in [3.63, 3.8) is 0 Å².